The number of sulfonamides is 1. The van der Waals surface area contributed by atoms with Gasteiger partial charge < -0.3 is 14.4 Å². The van der Waals surface area contributed by atoms with Gasteiger partial charge in [0, 0.05) is 13.1 Å². The van der Waals surface area contributed by atoms with Crippen LogP contribution in [0.4, 0.5) is 11.5 Å². The van der Waals surface area contributed by atoms with E-state index in [0.717, 1.165) is 6.33 Å². The maximum absolute atomic E-state index is 11.9. The Morgan fingerprint density at radius 2 is 1.90 bits per heavy atom. The van der Waals surface area contributed by atoms with Crippen molar-refractivity contribution in [3.8, 4) is 11.6 Å². The molecule has 31 heavy (non-hydrogen) atoms. The second kappa shape index (κ2) is 9.22. The number of rotatable bonds is 7. The van der Waals surface area contributed by atoms with Gasteiger partial charge in [0.25, 0.3) is 0 Å². The largest absolute Gasteiger partial charge is 0.466 e. The normalized spacial score (nSPS) is 14.8. The summed E-state index contributed by atoms with van der Waals surface area (Å²) in [5.41, 5.74) is -0.424. The number of esters is 1. The predicted molar refractivity (Wildman–Crippen MR) is 108 cm³/mol. The van der Waals surface area contributed by atoms with Gasteiger partial charge in [0.15, 0.2) is 0 Å². The summed E-state index contributed by atoms with van der Waals surface area (Å²) in [6.07, 6.45) is 2.10. The van der Waals surface area contributed by atoms with Crippen molar-refractivity contribution in [2.75, 3.05) is 24.6 Å². The second-order valence-corrected chi connectivity index (χ2v) is 8.30. The minimum Gasteiger partial charge on any atom is -0.466 e. The van der Waals surface area contributed by atoms with Gasteiger partial charge in [0.2, 0.25) is 15.8 Å². The lowest BCUT2D eigenvalue weighted by molar-refractivity contribution is -0.385. The molecule has 1 aromatic carbocycles. The highest BCUT2D eigenvalue weighted by Crippen LogP contribution is 2.37. The van der Waals surface area contributed by atoms with Gasteiger partial charge in [-0.05, 0) is 44.0 Å². The fraction of sp³-hybridized carbons (Fsp3) is 0.389. The Morgan fingerprint density at radius 1 is 1.26 bits per heavy atom. The van der Waals surface area contributed by atoms with Crippen molar-refractivity contribution in [3.05, 3.63) is 40.7 Å². The zero-order valence-electron chi connectivity index (χ0n) is 16.6. The lowest BCUT2D eigenvalue weighted by Crippen LogP contribution is -2.37. The molecule has 2 aromatic rings. The fourth-order valence-corrected chi connectivity index (χ4v) is 3.73. The van der Waals surface area contributed by atoms with E-state index < -0.39 is 20.6 Å². The monoisotopic (exact) mass is 451 g/mol. The summed E-state index contributed by atoms with van der Waals surface area (Å²) < 4.78 is 33.3. The van der Waals surface area contributed by atoms with E-state index in [1.807, 2.05) is 0 Å². The molecule has 1 saturated heterocycles. The molecular weight excluding hydrogens is 430 g/mol. The molecule has 2 heterocycles. The number of ether oxygens (including phenoxy) is 2. The third kappa shape index (κ3) is 5.24. The van der Waals surface area contributed by atoms with Gasteiger partial charge in [0.05, 0.1) is 22.3 Å². The number of nitrogens with two attached hydrogens (primary N) is 1. The number of anilines is 1. The molecule has 12 nitrogen and oxygen atoms in total. The van der Waals surface area contributed by atoms with E-state index in [1.165, 1.54) is 24.3 Å². The van der Waals surface area contributed by atoms with E-state index in [1.54, 1.807) is 11.8 Å². The van der Waals surface area contributed by atoms with Gasteiger partial charge >= 0.3 is 17.5 Å². The van der Waals surface area contributed by atoms with Crippen molar-refractivity contribution in [1.82, 2.24) is 9.97 Å². The maximum Gasteiger partial charge on any atom is 0.373 e. The summed E-state index contributed by atoms with van der Waals surface area (Å²) in [5, 5.41) is 16.8. The first-order chi connectivity index (χ1) is 14.7. The smallest absolute Gasteiger partial charge is 0.373 e. The van der Waals surface area contributed by atoms with Crippen molar-refractivity contribution in [3.63, 3.8) is 0 Å². The molecule has 0 spiro atoms. The summed E-state index contributed by atoms with van der Waals surface area (Å²) in [7, 11) is -3.88. The average Bonchev–Trinajstić information content (AvgIpc) is 2.73. The topological polar surface area (TPSA) is 168 Å². The number of carbonyl (C=O) groups excluding carboxylic acids is 1. The van der Waals surface area contributed by atoms with E-state index in [-0.39, 0.29) is 34.2 Å². The van der Waals surface area contributed by atoms with E-state index in [4.69, 9.17) is 14.6 Å². The van der Waals surface area contributed by atoms with Crippen LogP contribution in [0.1, 0.15) is 19.8 Å². The van der Waals surface area contributed by atoms with Gasteiger partial charge in [-0.25, -0.2) is 18.5 Å². The van der Waals surface area contributed by atoms with Crippen molar-refractivity contribution in [1.29, 1.82) is 0 Å². The number of carbonyl (C=O) groups is 1. The first-order valence-electron chi connectivity index (χ1n) is 9.42. The summed E-state index contributed by atoms with van der Waals surface area (Å²) in [5.74, 6) is -0.595. The van der Waals surface area contributed by atoms with Gasteiger partial charge in [-0.1, -0.05) is 0 Å². The van der Waals surface area contributed by atoms with Crippen LogP contribution in [0.3, 0.4) is 0 Å². The maximum atomic E-state index is 11.9. The van der Waals surface area contributed by atoms with Crippen LogP contribution in [-0.4, -0.2) is 49.0 Å². The summed E-state index contributed by atoms with van der Waals surface area (Å²) in [4.78, 5) is 32.6. The number of benzene rings is 1. The molecule has 1 fully saturated rings. The summed E-state index contributed by atoms with van der Waals surface area (Å²) >= 11 is 0. The standard InChI is InChI=1S/C18H21N5O7S/c1-2-29-18(24)12-7-9-22(10-8-12)16-15(23(25)26)17(21-11-20-16)30-13-3-5-14(6-4-13)31(19,27)28/h3-6,11-12H,2,7-10H2,1H3,(H2,19,27,28). The molecule has 1 aliphatic rings. The molecule has 2 N–H and O–H groups in total. The lowest BCUT2D eigenvalue weighted by Gasteiger charge is -2.31. The van der Waals surface area contributed by atoms with Crippen LogP contribution in [0.2, 0.25) is 0 Å². The van der Waals surface area contributed by atoms with Crippen LogP contribution < -0.4 is 14.8 Å². The van der Waals surface area contributed by atoms with Crippen LogP contribution in [-0.2, 0) is 19.6 Å². The first-order valence-corrected chi connectivity index (χ1v) is 11.0. The highest BCUT2D eigenvalue weighted by Gasteiger charge is 2.33. The molecule has 0 amide bonds. The molecule has 13 heteroatoms. The van der Waals surface area contributed by atoms with E-state index >= 15 is 0 Å². The van der Waals surface area contributed by atoms with E-state index in [9.17, 15) is 23.3 Å². The van der Waals surface area contributed by atoms with Gasteiger partial charge in [-0.15, -0.1) is 0 Å². The van der Waals surface area contributed by atoms with Crippen LogP contribution in [0.25, 0.3) is 0 Å². The molecule has 166 valence electrons. The molecule has 0 saturated carbocycles. The van der Waals surface area contributed by atoms with Crippen molar-refractivity contribution >= 4 is 27.5 Å². The average molecular weight is 451 g/mol. The van der Waals surface area contributed by atoms with Crippen molar-refractivity contribution in [2.24, 2.45) is 11.1 Å². The summed E-state index contributed by atoms with van der Waals surface area (Å²) in [6.45, 7) is 2.80. The van der Waals surface area contributed by atoms with Gasteiger partial charge in [-0.3, -0.25) is 14.9 Å². The first kappa shape index (κ1) is 22.4. The predicted octanol–water partition coefficient (Wildman–Crippen LogP) is 1.60. The number of piperidine rings is 1. The van der Waals surface area contributed by atoms with Crippen LogP contribution in [0, 0.1) is 16.0 Å². The van der Waals surface area contributed by atoms with E-state index in [2.05, 4.69) is 9.97 Å². The molecule has 0 radical (unpaired) electrons. The highest BCUT2D eigenvalue weighted by atomic mass is 32.2. The zero-order chi connectivity index (χ0) is 22.6. The summed E-state index contributed by atoms with van der Waals surface area (Å²) in [6, 6.07) is 5.07. The number of nitrogens with zero attached hydrogens (tertiary/aromatic N) is 4. The molecule has 3 rings (SSSR count). The Bertz CT molecular complexity index is 1070. The molecule has 0 aliphatic carbocycles. The Balaban J connectivity index is 1.82. The molecule has 0 bridgehead atoms. The lowest BCUT2D eigenvalue weighted by atomic mass is 9.97. The number of nitro groups is 1. The third-order valence-corrected chi connectivity index (χ3v) is 5.66. The molecule has 0 atom stereocenters. The Hall–Kier alpha value is -3.32. The molecule has 1 aromatic heterocycles. The number of hydrogen-bond acceptors (Lipinski definition) is 10. The number of primary sulfonamides is 1. The fourth-order valence-electron chi connectivity index (χ4n) is 3.22. The second-order valence-electron chi connectivity index (χ2n) is 6.74. The van der Waals surface area contributed by atoms with Crippen molar-refractivity contribution in [2.45, 2.75) is 24.7 Å². The SMILES string of the molecule is CCOC(=O)C1CCN(c2ncnc(Oc3ccc(S(N)(=O)=O)cc3)c2[N+](=O)[O-])CC1. The Morgan fingerprint density at radius 3 is 2.45 bits per heavy atom. The number of hydrogen-bond donors (Lipinski definition) is 1. The Kier molecular flexibility index (Phi) is 6.65. The minimum absolute atomic E-state index is 0.0819. The van der Waals surface area contributed by atoms with Crippen LogP contribution in [0.15, 0.2) is 35.5 Å². The quantitative estimate of drug-likeness (QED) is 0.371. The van der Waals surface area contributed by atoms with Crippen LogP contribution >= 0.6 is 0 Å². The molecule has 0 unspecified atom stereocenters. The van der Waals surface area contributed by atoms with Gasteiger partial charge in [0.1, 0.15) is 12.1 Å². The molecule has 1 aliphatic heterocycles. The van der Waals surface area contributed by atoms with Crippen LogP contribution in [0.5, 0.6) is 11.6 Å². The molecular formula is C18H21N5O7S. The zero-order valence-corrected chi connectivity index (χ0v) is 17.4. The van der Waals surface area contributed by atoms with E-state index in [0.29, 0.717) is 32.5 Å². The highest BCUT2D eigenvalue weighted by molar-refractivity contribution is 7.89. The number of aromatic nitrogens is 2. The van der Waals surface area contributed by atoms with Gasteiger partial charge in [-0.2, -0.15) is 4.98 Å². The van der Waals surface area contributed by atoms with Crippen molar-refractivity contribution < 1.29 is 27.6 Å². The Labute approximate surface area is 178 Å². The third-order valence-electron chi connectivity index (χ3n) is 4.73. The minimum atomic E-state index is -3.88.